The van der Waals surface area contributed by atoms with E-state index in [1.807, 2.05) is 6.92 Å². The molecule has 6 nitrogen and oxygen atoms in total. The van der Waals surface area contributed by atoms with Gasteiger partial charge in [-0.2, -0.15) is 10.1 Å². The van der Waals surface area contributed by atoms with Crippen molar-refractivity contribution >= 4 is 11.0 Å². The number of aromatic amines is 1. The summed E-state index contributed by atoms with van der Waals surface area (Å²) in [4.78, 5) is 8.23. The zero-order valence-corrected chi connectivity index (χ0v) is 13.5. The number of phenolic OH excluding ortho intramolecular Hbond substituents is 1. The number of halogens is 2. The van der Waals surface area contributed by atoms with Crippen molar-refractivity contribution in [2.75, 3.05) is 0 Å². The van der Waals surface area contributed by atoms with Crippen LogP contribution in [0.5, 0.6) is 17.5 Å². The quantitative estimate of drug-likeness (QED) is 0.579. The molecule has 0 aliphatic carbocycles. The monoisotopic (exact) mass is 354 g/mol. The minimum Gasteiger partial charge on any atom is -0.508 e. The van der Waals surface area contributed by atoms with E-state index in [1.54, 1.807) is 18.2 Å². The number of H-pyrrole nitrogens is 1. The number of phenols is 1. The number of ether oxygens (including phenoxy) is 1. The van der Waals surface area contributed by atoms with Crippen molar-refractivity contribution in [2.24, 2.45) is 0 Å². The Morgan fingerprint density at radius 2 is 1.96 bits per heavy atom. The van der Waals surface area contributed by atoms with Crippen LogP contribution >= 0.6 is 0 Å². The molecule has 2 aromatic heterocycles. The number of fused-ring (bicyclic) bond motifs is 1. The number of nitrogens with zero attached hydrogens (tertiary/aromatic N) is 3. The highest BCUT2D eigenvalue weighted by Crippen LogP contribution is 2.31. The number of aryl methyl sites for hydroxylation is 1. The Bertz CT molecular complexity index is 1130. The Morgan fingerprint density at radius 3 is 2.73 bits per heavy atom. The lowest BCUT2D eigenvalue weighted by atomic mass is 10.0. The molecule has 0 radical (unpaired) electrons. The molecular formula is C18H12F2N4O2. The van der Waals surface area contributed by atoms with Gasteiger partial charge in [0.05, 0.1) is 5.39 Å². The molecule has 8 heteroatoms. The van der Waals surface area contributed by atoms with Gasteiger partial charge in [-0.1, -0.05) is 0 Å². The highest BCUT2D eigenvalue weighted by Gasteiger charge is 2.14. The Morgan fingerprint density at radius 1 is 1.12 bits per heavy atom. The maximum atomic E-state index is 13.7. The number of aromatic nitrogens is 4. The molecule has 0 bridgehead atoms. The second-order valence-electron chi connectivity index (χ2n) is 5.66. The maximum absolute atomic E-state index is 13.7. The summed E-state index contributed by atoms with van der Waals surface area (Å²) in [6.07, 6.45) is 1.50. The van der Waals surface area contributed by atoms with Crippen molar-refractivity contribution in [3.05, 3.63) is 59.8 Å². The van der Waals surface area contributed by atoms with Crippen LogP contribution in [0, 0.1) is 18.6 Å². The second kappa shape index (κ2) is 6.07. The second-order valence-corrected chi connectivity index (χ2v) is 5.66. The van der Waals surface area contributed by atoms with E-state index in [9.17, 15) is 13.9 Å². The van der Waals surface area contributed by atoms with Crippen LogP contribution in [0.15, 0.2) is 42.6 Å². The van der Waals surface area contributed by atoms with Gasteiger partial charge >= 0.3 is 6.01 Å². The van der Waals surface area contributed by atoms with Gasteiger partial charge in [0.25, 0.3) is 0 Å². The van der Waals surface area contributed by atoms with Crippen molar-refractivity contribution in [3.63, 3.8) is 0 Å². The summed E-state index contributed by atoms with van der Waals surface area (Å²) in [6, 6.07) is 7.81. The number of benzene rings is 2. The van der Waals surface area contributed by atoms with Crippen LogP contribution in [0.25, 0.3) is 22.3 Å². The van der Waals surface area contributed by atoms with Crippen molar-refractivity contribution < 1.29 is 18.6 Å². The number of hydrogen-bond donors (Lipinski definition) is 2. The predicted molar refractivity (Wildman–Crippen MR) is 90.0 cm³/mol. The zero-order chi connectivity index (χ0) is 18.3. The van der Waals surface area contributed by atoms with Gasteiger partial charge in [-0.05, 0) is 42.8 Å². The molecule has 2 heterocycles. The predicted octanol–water partition coefficient (Wildman–Crippen LogP) is 4.10. The summed E-state index contributed by atoms with van der Waals surface area (Å²) in [5.74, 6) is -1.56. The van der Waals surface area contributed by atoms with E-state index in [1.165, 1.54) is 6.20 Å². The summed E-state index contributed by atoms with van der Waals surface area (Å²) in [5, 5.41) is 17.2. The molecule has 4 rings (SSSR count). The Kier molecular flexibility index (Phi) is 3.72. The number of aromatic hydroxyl groups is 1. The number of rotatable bonds is 3. The molecule has 0 saturated carbocycles. The molecule has 0 fully saturated rings. The molecule has 0 spiro atoms. The van der Waals surface area contributed by atoms with E-state index in [0.29, 0.717) is 16.7 Å². The molecule has 0 unspecified atom stereocenters. The Hall–Kier alpha value is -3.55. The van der Waals surface area contributed by atoms with E-state index < -0.39 is 11.6 Å². The van der Waals surface area contributed by atoms with Crippen LogP contribution < -0.4 is 4.74 Å². The molecule has 4 aromatic rings. The summed E-state index contributed by atoms with van der Waals surface area (Å²) in [5.41, 5.74) is 2.68. The first-order valence-electron chi connectivity index (χ1n) is 7.65. The van der Waals surface area contributed by atoms with E-state index in [2.05, 4.69) is 20.2 Å². The first kappa shape index (κ1) is 15.9. The number of hydrogen-bond acceptors (Lipinski definition) is 5. The van der Waals surface area contributed by atoms with Crippen LogP contribution in [0.2, 0.25) is 0 Å². The van der Waals surface area contributed by atoms with Crippen molar-refractivity contribution in [1.82, 2.24) is 20.2 Å². The summed E-state index contributed by atoms with van der Waals surface area (Å²) < 4.78 is 31.9. The van der Waals surface area contributed by atoms with E-state index >= 15 is 0 Å². The van der Waals surface area contributed by atoms with Crippen LogP contribution in [0.1, 0.15) is 5.56 Å². The van der Waals surface area contributed by atoms with E-state index in [-0.39, 0.29) is 17.5 Å². The minimum absolute atomic E-state index is 0.0966. The summed E-state index contributed by atoms with van der Waals surface area (Å²) >= 11 is 0. The molecule has 2 N–H and O–H groups in total. The molecule has 0 aliphatic rings. The van der Waals surface area contributed by atoms with Crippen molar-refractivity contribution in [2.45, 2.75) is 6.92 Å². The Labute approximate surface area is 146 Å². The third kappa shape index (κ3) is 2.81. The van der Waals surface area contributed by atoms with Gasteiger partial charge in [0, 0.05) is 17.8 Å². The van der Waals surface area contributed by atoms with Crippen LogP contribution in [-0.4, -0.2) is 25.3 Å². The third-order valence-corrected chi connectivity index (χ3v) is 3.86. The largest absolute Gasteiger partial charge is 0.508 e. The molecule has 0 saturated heterocycles. The van der Waals surface area contributed by atoms with Gasteiger partial charge < -0.3 is 9.84 Å². The van der Waals surface area contributed by atoms with Crippen molar-refractivity contribution in [1.29, 1.82) is 0 Å². The van der Waals surface area contributed by atoms with Crippen LogP contribution in [-0.2, 0) is 0 Å². The molecule has 26 heavy (non-hydrogen) atoms. The lowest BCUT2D eigenvalue weighted by Crippen LogP contribution is -1.94. The summed E-state index contributed by atoms with van der Waals surface area (Å²) in [6.45, 7) is 1.85. The van der Waals surface area contributed by atoms with E-state index in [0.717, 1.165) is 29.3 Å². The Balaban J connectivity index is 1.71. The molecule has 130 valence electrons. The molecule has 0 aliphatic heterocycles. The van der Waals surface area contributed by atoms with Gasteiger partial charge in [-0.25, -0.2) is 13.8 Å². The van der Waals surface area contributed by atoms with E-state index in [4.69, 9.17) is 4.74 Å². The van der Waals surface area contributed by atoms with Crippen LogP contribution in [0.3, 0.4) is 0 Å². The highest BCUT2D eigenvalue weighted by atomic mass is 19.1. The zero-order valence-electron chi connectivity index (χ0n) is 13.5. The van der Waals surface area contributed by atoms with Gasteiger partial charge in [0.2, 0.25) is 0 Å². The average Bonchev–Trinajstić information content (AvgIpc) is 3.00. The topological polar surface area (TPSA) is 83.9 Å². The molecule has 0 amide bonds. The first-order chi connectivity index (χ1) is 12.5. The van der Waals surface area contributed by atoms with Gasteiger partial charge in [0.1, 0.15) is 17.3 Å². The normalized spacial score (nSPS) is 11.0. The third-order valence-electron chi connectivity index (χ3n) is 3.86. The number of nitrogens with one attached hydrogen (secondary N) is 1. The highest BCUT2D eigenvalue weighted by molar-refractivity contribution is 5.91. The van der Waals surface area contributed by atoms with Crippen LogP contribution in [0.4, 0.5) is 8.78 Å². The smallest absolute Gasteiger partial charge is 0.324 e. The van der Waals surface area contributed by atoms with Gasteiger partial charge in [-0.15, -0.1) is 0 Å². The first-order valence-corrected chi connectivity index (χ1v) is 7.65. The average molecular weight is 354 g/mol. The molecule has 2 aromatic carbocycles. The van der Waals surface area contributed by atoms with Gasteiger partial charge in [-0.3, -0.25) is 5.10 Å². The lowest BCUT2D eigenvalue weighted by Gasteiger charge is -2.05. The molecular weight excluding hydrogens is 342 g/mol. The summed E-state index contributed by atoms with van der Waals surface area (Å²) in [7, 11) is 0. The fourth-order valence-electron chi connectivity index (χ4n) is 2.62. The SMILES string of the molecule is Cc1cc(O)ccc1-c1n[nH]c2nc(Oc3ccc(F)cc3F)ncc12. The van der Waals surface area contributed by atoms with Crippen molar-refractivity contribution in [3.8, 4) is 28.8 Å². The lowest BCUT2D eigenvalue weighted by molar-refractivity contribution is 0.409. The standard InChI is InChI=1S/C18H12F2N4O2/c1-9-6-11(25)3-4-12(9)16-13-8-21-18(22-17(13)24-23-16)26-15-5-2-10(19)7-14(15)20/h2-8,25H,1H3,(H,21,22,23,24). The fraction of sp³-hybridized carbons (Fsp3) is 0.0556. The minimum atomic E-state index is -0.848. The van der Waals surface area contributed by atoms with Gasteiger partial charge in [0.15, 0.2) is 17.2 Å². The fourth-order valence-corrected chi connectivity index (χ4v) is 2.62. The maximum Gasteiger partial charge on any atom is 0.324 e. The molecule has 0 atom stereocenters.